The van der Waals surface area contributed by atoms with E-state index in [1.807, 2.05) is 24.3 Å². The van der Waals surface area contributed by atoms with Crippen molar-refractivity contribution in [1.82, 2.24) is 9.71 Å². The molecule has 0 saturated carbocycles. The number of rotatable bonds is 4. The summed E-state index contributed by atoms with van der Waals surface area (Å²) in [6, 6.07) is 8.30. The second-order valence-corrected chi connectivity index (χ2v) is 7.26. The third-order valence-electron chi connectivity index (χ3n) is 3.74. The van der Waals surface area contributed by atoms with Crippen LogP contribution in [-0.4, -0.2) is 38.8 Å². The minimum Gasteiger partial charge on any atom is -0.423 e. The molecule has 0 bridgehead atoms. The molecule has 1 aromatic carbocycles. The van der Waals surface area contributed by atoms with Crippen LogP contribution in [-0.2, 0) is 10.0 Å². The Bertz CT molecular complexity index is 693. The number of nitrogens with one attached hydrogen (secondary N) is 1. The van der Waals surface area contributed by atoms with Gasteiger partial charge in [-0.15, -0.1) is 0 Å². The van der Waals surface area contributed by atoms with Crippen LogP contribution in [0.4, 0.5) is 6.01 Å². The molecule has 7 heteroatoms. The standard InChI is InChI=1S/C14H19N3O3S/c1-21(18,19)15-10-11-6-4-5-9-17(11)14-16-12-7-2-3-8-13(12)20-14/h2-3,7-8,11,15H,4-6,9-10H2,1H3. The number of nitrogens with zero attached hydrogens (tertiary/aromatic N) is 2. The van der Waals surface area contributed by atoms with Gasteiger partial charge < -0.3 is 9.32 Å². The Balaban J connectivity index is 1.83. The van der Waals surface area contributed by atoms with E-state index >= 15 is 0 Å². The summed E-state index contributed by atoms with van der Waals surface area (Å²) < 4.78 is 31.0. The van der Waals surface area contributed by atoms with E-state index in [-0.39, 0.29) is 6.04 Å². The monoisotopic (exact) mass is 309 g/mol. The van der Waals surface area contributed by atoms with Crippen LogP contribution >= 0.6 is 0 Å². The number of piperidine rings is 1. The summed E-state index contributed by atoms with van der Waals surface area (Å²) >= 11 is 0. The van der Waals surface area contributed by atoms with Crippen molar-refractivity contribution in [3.8, 4) is 0 Å². The van der Waals surface area contributed by atoms with Gasteiger partial charge in [-0.1, -0.05) is 12.1 Å². The van der Waals surface area contributed by atoms with Gasteiger partial charge in [0.1, 0.15) is 5.52 Å². The third-order valence-corrected chi connectivity index (χ3v) is 4.43. The number of aromatic nitrogens is 1. The maximum atomic E-state index is 11.3. The first-order valence-corrected chi connectivity index (χ1v) is 8.99. The highest BCUT2D eigenvalue weighted by atomic mass is 32.2. The number of hydrogen-bond acceptors (Lipinski definition) is 5. The van der Waals surface area contributed by atoms with Crippen LogP contribution in [0.5, 0.6) is 0 Å². The maximum Gasteiger partial charge on any atom is 0.298 e. The lowest BCUT2D eigenvalue weighted by molar-refractivity contribution is 0.420. The molecule has 1 aliphatic rings. The maximum absolute atomic E-state index is 11.3. The third kappa shape index (κ3) is 3.36. The molecule has 21 heavy (non-hydrogen) atoms. The Hall–Kier alpha value is -1.60. The van der Waals surface area contributed by atoms with Gasteiger partial charge in [-0.2, -0.15) is 4.98 Å². The molecule has 1 aliphatic heterocycles. The molecule has 3 rings (SSSR count). The molecule has 0 radical (unpaired) electrons. The van der Waals surface area contributed by atoms with Gasteiger partial charge in [-0.3, -0.25) is 0 Å². The fraction of sp³-hybridized carbons (Fsp3) is 0.500. The van der Waals surface area contributed by atoms with Gasteiger partial charge in [-0.25, -0.2) is 13.1 Å². The summed E-state index contributed by atoms with van der Waals surface area (Å²) in [5.74, 6) is 0. The Kier molecular flexibility index (Phi) is 3.86. The normalized spacial score (nSPS) is 20.0. The second-order valence-electron chi connectivity index (χ2n) is 5.43. The van der Waals surface area contributed by atoms with Gasteiger partial charge in [0.05, 0.1) is 6.26 Å². The number of hydrogen-bond donors (Lipinski definition) is 1. The molecule has 2 heterocycles. The topological polar surface area (TPSA) is 75.4 Å². The average molecular weight is 309 g/mol. The van der Waals surface area contributed by atoms with Crippen LogP contribution in [0.3, 0.4) is 0 Å². The van der Waals surface area contributed by atoms with Crippen LogP contribution in [0.25, 0.3) is 11.1 Å². The lowest BCUT2D eigenvalue weighted by atomic mass is 10.0. The highest BCUT2D eigenvalue weighted by Crippen LogP contribution is 2.27. The zero-order valence-electron chi connectivity index (χ0n) is 11.9. The van der Waals surface area contributed by atoms with E-state index < -0.39 is 10.0 Å². The molecule has 1 atom stereocenters. The summed E-state index contributed by atoms with van der Waals surface area (Å²) in [7, 11) is -3.18. The van der Waals surface area contributed by atoms with Crippen molar-refractivity contribution in [3.63, 3.8) is 0 Å². The lowest BCUT2D eigenvalue weighted by Crippen LogP contribution is -2.46. The summed E-state index contributed by atoms with van der Waals surface area (Å²) in [5, 5.41) is 0. The van der Waals surface area contributed by atoms with E-state index in [1.165, 1.54) is 6.26 Å². The lowest BCUT2D eigenvalue weighted by Gasteiger charge is -2.34. The molecule has 1 unspecified atom stereocenters. The van der Waals surface area contributed by atoms with E-state index in [4.69, 9.17) is 4.42 Å². The Morgan fingerprint density at radius 1 is 1.38 bits per heavy atom. The molecule has 1 N–H and O–H groups in total. The van der Waals surface area contributed by atoms with Gasteiger partial charge in [-0.05, 0) is 31.4 Å². The van der Waals surface area contributed by atoms with E-state index in [2.05, 4.69) is 14.6 Å². The van der Waals surface area contributed by atoms with Gasteiger partial charge in [0.2, 0.25) is 10.0 Å². The van der Waals surface area contributed by atoms with E-state index in [9.17, 15) is 8.42 Å². The molecule has 0 spiro atoms. The molecular formula is C14H19N3O3S. The van der Waals surface area contributed by atoms with Gasteiger partial charge in [0.25, 0.3) is 6.01 Å². The molecule has 2 aromatic rings. The van der Waals surface area contributed by atoms with E-state index in [0.717, 1.165) is 36.9 Å². The smallest absolute Gasteiger partial charge is 0.298 e. The predicted octanol–water partition coefficient (Wildman–Crippen LogP) is 1.74. The van der Waals surface area contributed by atoms with E-state index in [0.29, 0.717) is 12.6 Å². The number of oxazole rings is 1. The van der Waals surface area contributed by atoms with Crippen molar-refractivity contribution in [1.29, 1.82) is 0 Å². The number of fused-ring (bicyclic) bond motifs is 1. The van der Waals surface area contributed by atoms with Gasteiger partial charge >= 0.3 is 0 Å². The van der Waals surface area contributed by atoms with Crippen molar-refractivity contribution >= 4 is 27.1 Å². The van der Waals surface area contributed by atoms with Crippen molar-refractivity contribution in [3.05, 3.63) is 24.3 Å². The number of benzene rings is 1. The molecule has 6 nitrogen and oxygen atoms in total. The Labute approximate surface area is 124 Å². The Morgan fingerprint density at radius 2 is 2.19 bits per heavy atom. The second kappa shape index (κ2) is 5.65. The van der Waals surface area contributed by atoms with Gasteiger partial charge in [0, 0.05) is 19.1 Å². The summed E-state index contributed by atoms with van der Waals surface area (Å²) in [4.78, 5) is 6.58. The zero-order chi connectivity index (χ0) is 14.9. The van der Waals surface area contributed by atoms with Crippen LogP contribution < -0.4 is 9.62 Å². The van der Waals surface area contributed by atoms with Crippen molar-refractivity contribution in [2.45, 2.75) is 25.3 Å². The fourth-order valence-corrected chi connectivity index (χ4v) is 3.19. The number of para-hydroxylation sites is 2. The van der Waals surface area contributed by atoms with Crippen molar-refractivity contribution in [2.24, 2.45) is 0 Å². The number of anilines is 1. The SMILES string of the molecule is CS(=O)(=O)NCC1CCCCN1c1nc2ccccc2o1. The molecule has 1 saturated heterocycles. The van der Waals surface area contributed by atoms with Crippen LogP contribution in [0, 0.1) is 0 Å². The predicted molar refractivity (Wildman–Crippen MR) is 81.8 cm³/mol. The Morgan fingerprint density at radius 3 is 2.95 bits per heavy atom. The molecule has 1 aromatic heterocycles. The van der Waals surface area contributed by atoms with E-state index in [1.54, 1.807) is 0 Å². The molecular weight excluding hydrogens is 290 g/mol. The highest BCUT2D eigenvalue weighted by molar-refractivity contribution is 7.88. The van der Waals surface area contributed by atoms with Crippen LogP contribution in [0.15, 0.2) is 28.7 Å². The minimum absolute atomic E-state index is 0.0848. The quantitative estimate of drug-likeness (QED) is 0.931. The van der Waals surface area contributed by atoms with Gasteiger partial charge in [0.15, 0.2) is 5.58 Å². The zero-order valence-corrected chi connectivity index (χ0v) is 12.8. The largest absolute Gasteiger partial charge is 0.423 e. The minimum atomic E-state index is -3.18. The highest BCUT2D eigenvalue weighted by Gasteiger charge is 2.27. The summed E-state index contributed by atoms with van der Waals surface area (Å²) in [6.45, 7) is 1.22. The molecule has 114 valence electrons. The number of sulfonamides is 1. The first-order valence-electron chi connectivity index (χ1n) is 7.10. The first kappa shape index (κ1) is 14.3. The molecule has 0 aliphatic carbocycles. The molecule has 1 fully saturated rings. The average Bonchev–Trinajstić information content (AvgIpc) is 2.88. The molecule has 0 amide bonds. The summed E-state index contributed by atoms with van der Waals surface area (Å²) in [6.07, 6.45) is 4.27. The van der Waals surface area contributed by atoms with Crippen molar-refractivity contribution < 1.29 is 12.8 Å². The van der Waals surface area contributed by atoms with Crippen molar-refractivity contribution in [2.75, 3.05) is 24.2 Å². The first-order chi connectivity index (χ1) is 10.0. The summed E-state index contributed by atoms with van der Waals surface area (Å²) in [5.41, 5.74) is 1.58. The fourth-order valence-electron chi connectivity index (χ4n) is 2.70. The van der Waals surface area contributed by atoms with Crippen LogP contribution in [0.2, 0.25) is 0 Å². The van der Waals surface area contributed by atoms with Crippen LogP contribution in [0.1, 0.15) is 19.3 Å².